The van der Waals surface area contributed by atoms with Crippen LogP contribution in [-0.4, -0.2) is 32.0 Å². The van der Waals surface area contributed by atoms with E-state index in [2.05, 4.69) is 11.1 Å². The van der Waals surface area contributed by atoms with Crippen molar-refractivity contribution in [3.8, 4) is 6.07 Å². The lowest BCUT2D eigenvalue weighted by Crippen LogP contribution is -2.26. The van der Waals surface area contributed by atoms with Gasteiger partial charge >= 0.3 is 6.55 Å². The van der Waals surface area contributed by atoms with Gasteiger partial charge in [0.05, 0.1) is 19.0 Å². The Bertz CT molecular complexity index is 1040. The number of halogens is 2. The van der Waals surface area contributed by atoms with Gasteiger partial charge in [0.1, 0.15) is 5.82 Å². The summed E-state index contributed by atoms with van der Waals surface area (Å²) >= 11 is 0. The zero-order chi connectivity index (χ0) is 20.1. The number of nitrogens with zero attached hydrogens (tertiary/aromatic N) is 5. The van der Waals surface area contributed by atoms with Crippen molar-refractivity contribution in [1.82, 2.24) is 19.0 Å². The Morgan fingerprint density at radius 2 is 2.18 bits per heavy atom. The summed E-state index contributed by atoms with van der Waals surface area (Å²) in [6, 6.07) is 9.87. The van der Waals surface area contributed by atoms with E-state index >= 15 is 0 Å². The molecule has 0 fully saturated rings. The van der Waals surface area contributed by atoms with Crippen LogP contribution in [0.5, 0.6) is 0 Å². The highest BCUT2D eigenvalue weighted by Crippen LogP contribution is 2.23. The molecule has 2 heterocycles. The summed E-state index contributed by atoms with van der Waals surface area (Å²) in [7, 11) is 1.54. The third kappa shape index (κ3) is 4.09. The number of carbonyl (C=O) groups is 1. The van der Waals surface area contributed by atoms with Gasteiger partial charge in [0.15, 0.2) is 0 Å². The number of carbonyl (C=O) groups excluding carboxylic acids is 1. The molecule has 144 valence electrons. The number of hydrogen-bond donors (Lipinski definition) is 0. The Morgan fingerprint density at radius 1 is 1.39 bits per heavy atom. The largest absolute Gasteiger partial charge is 0.346 e. The minimum atomic E-state index is -2.70. The third-order valence-corrected chi connectivity index (χ3v) is 4.40. The molecule has 1 aromatic carbocycles. The topological polar surface area (TPSA) is 66.8 Å². The fourth-order valence-electron chi connectivity index (χ4n) is 2.99. The molecule has 3 rings (SSSR count). The predicted molar refractivity (Wildman–Crippen MR) is 101 cm³/mol. The second kappa shape index (κ2) is 8.48. The van der Waals surface area contributed by atoms with Crippen molar-refractivity contribution in [1.29, 1.82) is 5.26 Å². The summed E-state index contributed by atoms with van der Waals surface area (Å²) in [5.41, 5.74) is 1.83. The second-order valence-corrected chi connectivity index (χ2v) is 6.26. The minimum Gasteiger partial charge on any atom is -0.346 e. The lowest BCUT2D eigenvalue weighted by atomic mass is 10.1. The minimum absolute atomic E-state index is 0.0234. The van der Waals surface area contributed by atoms with Crippen LogP contribution in [-0.2, 0) is 17.9 Å². The summed E-state index contributed by atoms with van der Waals surface area (Å²) < 4.78 is 28.5. The molecule has 0 aliphatic heterocycles. The van der Waals surface area contributed by atoms with E-state index in [-0.39, 0.29) is 18.3 Å². The van der Waals surface area contributed by atoms with Crippen molar-refractivity contribution in [2.75, 3.05) is 7.05 Å². The Labute approximate surface area is 160 Å². The predicted octanol–water partition coefficient (Wildman–Crippen LogP) is 3.82. The van der Waals surface area contributed by atoms with Gasteiger partial charge < -0.3 is 9.47 Å². The Kier molecular flexibility index (Phi) is 5.84. The fraction of sp³-hybridized carbons (Fsp3) is 0.250. The molecule has 0 radical (unpaired) electrons. The van der Waals surface area contributed by atoms with Gasteiger partial charge in [-0.25, -0.2) is 4.98 Å². The molecule has 3 aromatic rings. The highest BCUT2D eigenvalue weighted by Gasteiger charge is 2.15. The van der Waals surface area contributed by atoms with E-state index in [1.807, 2.05) is 35.0 Å². The van der Waals surface area contributed by atoms with Crippen molar-refractivity contribution in [2.24, 2.45) is 0 Å². The number of alkyl halides is 2. The molecule has 0 spiro atoms. The molecule has 6 nitrogen and oxygen atoms in total. The number of hydrogen-bond acceptors (Lipinski definition) is 3. The normalized spacial score (nSPS) is 11.4. The molecule has 0 saturated carbocycles. The van der Waals surface area contributed by atoms with Crippen LogP contribution in [0.15, 0.2) is 48.9 Å². The van der Waals surface area contributed by atoms with Crippen LogP contribution in [0, 0.1) is 11.3 Å². The van der Waals surface area contributed by atoms with E-state index in [1.165, 1.54) is 30.4 Å². The Hall–Kier alpha value is -3.47. The van der Waals surface area contributed by atoms with E-state index in [4.69, 9.17) is 5.26 Å². The monoisotopic (exact) mass is 383 g/mol. The smallest absolute Gasteiger partial charge is 0.319 e. The van der Waals surface area contributed by atoms with E-state index in [9.17, 15) is 13.6 Å². The summed E-state index contributed by atoms with van der Waals surface area (Å²) in [6.45, 7) is -2.16. The molecule has 8 heteroatoms. The van der Waals surface area contributed by atoms with Crippen molar-refractivity contribution in [2.45, 2.75) is 26.1 Å². The first-order chi connectivity index (χ1) is 13.5. The van der Waals surface area contributed by atoms with Crippen molar-refractivity contribution < 1.29 is 13.6 Å². The highest BCUT2D eigenvalue weighted by atomic mass is 19.3. The van der Waals surface area contributed by atoms with Crippen LogP contribution >= 0.6 is 0 Å². The third-order valence-electron chi connectivity index (χ3n) is 4.40. The van der Waals surface area contributed by atoms with Crippen LogP contribution in [0.4, 0.5) is 8.78 Å². The first kappa shape index (κ1) is 19.3. The quantitative estimate of drug-likeness (QED) is 0.583. The number of aromatic nitrogens is 3. The number of amides is 1. The highest BCUT2D eigenvalue weighted by molar-refractivity contribution is 5.96. The number of likely N-dealkylation sites (N-methyl/N-ethyl adjacent to an activating group) is 1. The van der Waals surface area contributed by atoms with Crippen molar-refractivity contribution in [3.63, 3.8) is 0 Å². The van der Waals surface area contributed by atoms with Crippen LogP contribution in [0.1, 0.15) is 24.4 Å². The van der Waals surface area contributed by atoms with Gasteiger partial charge in [-0.05, 0) is 12.1 Å². The average Bonchev–Trinajstić information content (AvgIpc) is 3.29. The molecular weight excluding hydrogens is 364 g/mol. The van der Waals surface area contributed by atoms with Crippen LogP contribution < -0.4 is 0 Å². The molecule has 0 unspecified atom stereocenters. The van der Waals surface area contributed by atoms with Gasteiger partial charge in [0.2, 0.25) is 5.91 Å². The van der Waals surface area contributed by atoms with E-state index in [1.54, 1.807) is 6.08 Å². The maximum Gasteiger partial charge on any atom is 0.319 e. The van der Waals surface area contributed by atoms with Crippen LogP contribution in [0.3, 0.4) is 0 Å². The molecule has 2 aromatic heterocycles. The molecule has 0 N–H and O–H groups in total. The molecule has 1 amide bonds. The molecule has 0 atom stereocenters. The number of imidazole rings is 1. The first-order valence-electron chi connectivity index (χ1n) is 8.69. The number of aryl methyl sites for hydroxylation is 1. The lowest BCUT2D eigenvalue weighted by molar-refractivity contribution is -0.125. The summed E-state index contributed by atoms with van der Waals surface area (Å²) in [6.07, 6.45) is 7.86. The van der Waals surface area contributed by atoms with Gasteiger partial charge in [-0.3, -0.25) is 9.36 Å². The van der Waals surface area contributed by atoms with E-state index < -0.39 is 6.55 Å². The van der Waals surface area contributed by atoms with Gasteiger partial charge in [-0.1, -0.05) is 18.2 Å². The number of fused-ring (bicyclic) bond motifs is 1. The van der Waals surface area contributed by atoms with E-state index in [0.29, 0.717) is 13.0 Å². The number of rotatable bonds is 7. The SMILES string of the molecule is CN(Cc1nccn1C(F)F)C(=O)/C=C/c1cn(CCC#N)c2ccccc12. The summed E-state index contributed by atoms with van der Waals surface area (Å²) in [5.74, 6) is -0.204. The molecule has 0 bridgehead atoms. The molecule has 0 saturated heterocycles. The maximum absolute atomic E-state index is 12.9. The first-order valence-corrected chi connectivity index (χ1v) is 8.69. The van der Waals surface area contributed by atoms with Gasteiger partial charge in [-0.2, -0.15) is 14.0 Å². The summed E-state index contributed by atoms with van der Waals surface area (Å²) in [4.78, 5) is 17.6. The van der Waals surface area contributed by atoms with Crippen LogP contribution in [0.25, 0.3) is 17.0 Å². The van der Waals surface area contributed by atoms with Gasteiger partial charge in [0, 0.05) is 54.7 Å². The Balaban J connectivity index is 1.76. The summed E-state index contributed by atoms with van der Waals surface area (Å²) in [5, 5.41) is 9.79. The second-order valence-electron chi connectivity index (χ2n) is 6.26. The van der Waals surface area contributed by atoms with Gasteiger partial charge in [0.25, 0.3) is 0 Å². The van der Waals surface area contributed by atoms with Crippen LogP contribution in [0.2, 0.25) is 0 Å². The molecule has 0 aliphatic carbocycles. The number of nitriles is 1. The molecule has 0 aliphatic rings. The van der Waals surface area contributed by atoms with Crippen molar-refractivity contribution >= 4 is 22.9 Å². The standard InChI is InChI=1S/C20H19F2N5O/c1-25(14-18-24-10-12-27(18)20(21)22)19(28)8-7-15-13-26(11-4-9-23)17-6-3-2-5-16(15)17/h2-3,5-8,10,12-13,20H,4,11,14H2,1H3/b8-7+. The zero-order valence-corrected chi connectivity index (χ0v) is 15.3. The fourth-order valence-corrected chi connectivity index (χ4v) is 2.99. The van der Waals surface area contributed by atoms with Crippen molar-refractivity contribution in [3.05, 3.63) is 60.3 Å². The van der Waals surface area contributed by atoms with E-state index in [0.717, 1.165) is 21.0 Å². The number of para-hydroxylation sites is 1. The lowest BCUT2D eigenvalue weighted by Gasteiger charge is -2.15. The van der Waals surface area contributed by atoms with Gasteiger partial charge in [-0.15, -0.1) is 0 Å². The Morgan fingerprint density at radius 3 is 2.93 bits per heavy atom. The molecule has 28 heavy (non-hydrogen) atoms. The maximum atomic E-state index is 12.9. The average molecular weight is 383 g/mol. The number of benzene rings is 1. The molecular formula is C20H19F2N5O. The zero-order valence-electron chi connectivity index (χ0n) is 15.3.